The van der Waals surface area contributed by atoms with Crippen LogP contribution in [0.15, 0.2) is 22.3 Å². The summed E-state index contributed by atoms with van der Waals surface area (Å²) in [6.45, 7) is 0. The lowest BCUT2D eigenvalue weighted by Gasteiger charge is -2.27. The van der Waals surface area contributed by atoms with Gasteiger partial charge in [-0.1, -0.05) is 0 Å². The summed E-state index contributed by atoms with van der Waals surface area (Å²) in [4.78, 5) is 11.3. The largest absolute Gasteiger partial charge is 0.469 e. The number of rotatable bonds is 3. The molecule has 22 heavy (non-hydrogen) atoms. The number of nitriles is 4. The Bertz CT molecular complexity index is 658. The highest BCUT2D eigenvalue weighted by Gasteiger charge is 2.27. The van der Waals surface area contributed by atoms with Gasteiger partial charge in [0, 0.05) is 6.42 Å². The molecule has 1 rings (SSSR count). The number of carbonyl (C=O) groups is 1. The number of methoxy groups -OCH3 is 1. The van der Waals surface area contributed by atoms with Crippen LogP contribution in [0.4, 0.5) is 0 Å². The van der Waals surface area contributed by atoms with Gasteiger partial charge in [-0.15, -0.1) is 0 Å². The molecule has 0 saturated heterocycles. The minimum Gasteiger partial charge on any atom is -0.469 e. The molecule has 0 spiro atoms. The smallest absolute Gasteiger partial charge is 0.305 e. The molecule has 0 bridgehead atoms. The van der Waals surface area contributed by atoms with E-state index in [2.05, 4.69) is 4.74 Å². The van der Waals surface area contributed by atoms with Gasteiger partial charge >= 0.3 is 5.97 Å². The van der Waals surface area contributed by atoms with E-state index >= 15 is 0 Å². The third-order valence-corrected chi connectivity index (χ3v) is 3.73. The number of nitrogens with zero attached hydrogens (tertiary/aromatic N) is 4. The Morgan fingerprint density at radius 1 is 1.09 bits per heavy atom. The van der Waals surface area contributed by atoms with Crippen molar-refractivity contribution in [2.75, 3.05) is 7.11 Å². The van der Waals surface area contributed by atoms with Gasteiger partial charge in [0.25, 0.3) is 0 Å². The van der Waals surface area contributed by atoms with Gasteiger partial charge in [0.1, 0.15) is 35.4 Å². The lowest BCUT2D eigenvalue weighted by molar-refractivity contribution is -0.140. The normalized spacial score (nSPS) is 16.5. The van der Waals surface area contributed by atoms with Crippen LogP contribution in [0.1, 0.15) is 32.1 Å². The predicted octanol–water partition coefficient (Wildman–Crippen LogP) is 2.43. The van der Waals surface area contributed by atoms with Crippen molar-refractivity contribution in [2.45, 2.75) is 32.1 Å². The number of carbonyl (C=O) groups excluding carboxylic acids is 1. The van der Waals surface area contributed by atoms with E-state index in [4.69, 9.17) is 21.0 Å². The Labute approximate surface area is 129 Å². The molecule has 6 heteroatoms. The highest BCUT2D eigenvalue weighted by molar-refractivity contribution is 5.69. The maximum absolute atomic E-state index is 11.3. The summed E-state index contributed by atoms with van der Waals surface area (Å²) in [6, 6.07) is 7.50. The fraction of sp³-hybridized carbons (Fsp3) is 0.438. The van der Waals surface area contributed by atoms with Gasteiger partial charge in [-0.3, -0.25) is 4.79 Å². The van der Waals surface area contributed by atoms with Crippen molar-refractivity contribution in [2.24, 2.45) is 5.92 Å². The zero-order valence-electron chi connectivity index (χ0n) is 12.2. The summed E-state index contributed by atoms with van der Waals surface area (Å²) < 4.78 is 4.60. The monoisotopic (exact) mass is 294 g/mol. The van der Waals surface area contributed by atoms with Gasteiger partial charge in [0.2, 0.25) is 0 Å². The minimum absolute atomic E-state index is 0.0596. The molecule has 0 heterocycles. The molecule has 0 amide bonds. The number of hydrogen-bond acceptors (Lipinski definition) is 6. The third-order valence-electron chi connectivity index (χ3n) is 3.73. The van der Waals surface area contributed by atoms with Crippen LogP contribution in [0.3, 0.4) is 0 Å². The van der Waals surface area contributed by atoms with Crippen LogP contribution >= 0.6 is 0 Å². The topological polar surface area (TPSA) is 121 Å². The zero-order chi connectivity index (χ0) is 16.5. The summed E-state index contributed by atoms with van der Waals surface area (Å²) >= 11 is 0. The maximum Gasteiger partial charge on any atom is 0.305 e. The Morgan fingerprint density at radius 3 is 2.18 bits per heavy atom. The van der Waals surface area contributed by atoms with Crippen LogP contribution in [0, 0.1) is 51.2 Å². The first-order valence-corrected chi connectivity index (χ1v) is 6.73. The number of hydrogen-bond donors (Lipinski definition) is 0. The lowest BCUT2D eigenvalue weighted by atomic mass is 9.76. The molecule has 1 aliphatic carbocycles. The molecule has 0 aromatic carbocycles. The first-order chi connectivity index (χ1) is 10.6. The van der Waals surface area contributed by atoms with Crippen LogP contribution in [0.5, 0.6) is 0 Å². The van der Waals surface area contributed by atoms with E-state index in [9.17, 15) is 4.79 Å². The number of ether oxygens (including phenoxy) is 1. The van der Waals surface area contributed by atoms with E-state index in [0.29, 0.717) is 31.3 Å². The quantitative estimate of drug-likeness (QED) is 0.582. The van der Waals surface area contributed by atoms with Gasteiger partial charge in [-0.05, 0) is 42.7 Å². The number of allylic oxidation sites excluding steroid dienone is 4. The van der Waals surface area contributed by atoms with Gasteiger partial charge in [0.15, 0.2) is 0 Å². The molecule has 1 fully saturated rings. The molecule has 1 aliphatic rings. The first kappa shape index (κ1) is 17.0. The summed E-state index contributed by atoms with van der Waals surface area (Å²) in [6.07, 6.45) is 1.92. The van der Waals surface area contributed by atoms with Gasteiger partial charge in [-0.25, -0.2) is 0 Å². The summed E-state index contributed by atoms with van der Waals surface area (Å²) in [5.74, 6) is -0.569. The van der Waals surface area contributed by atoms with Crippen molar-refractivity contribution in [1.82, 2.24) is 0 Å². The van der Waals surface area contributed by atoms with Gasteiger partial charge in [0.05, 0.1) is 7.11 Å². The van der Waals surface area contributed by atoms with Crippen LogP contribution in [0.2, 0.25) is 0 Å². The Balaban J connectivity index is 3.12. The van der Waals surface area contributed by atoms with E-state index in [-0.39, 0.29) is 29.5 Å². The third kappa shape index (κ3) is 3.95. The van der Waals surface area contributed by atoms with E-state index in [1.807, 2.05) is 24.3 Å². The van der Waals surface area contributed by atoms with Crippen molar-refractivity contribution in [1.29, 1.82) is 21.0 Å². The van der Waals surface area contributed by atoms with Crippen molar-refractivity contribution >= 4 is 5.97 Å². The van der Waals surface area contributed by atoms with Crippen LogP contribution in [-0.2, 0) is 9.53 Å². The first-order valence-electron chi connectivity index (χ1n) is 6.73. The van der Waals surface area contributed by atoms with Crippen LogP contribution in [-0.4, -0.2) is 13.1 Å². The molecule has 0 aromatic heterocycles. The lowest BCUT2D eigenvalue weighted by Crippen LogP contribution is -2.16. The van der Waals surface area contributed by atoms with Gasteiger partial charge in [-0.2, -0.15) is 21.0 Å². The molecule has 6 nitrogen and oxygen atoms in total. The predicted molar refractivity (Wildman–Crippen MR) is 75.1 cm³/mol. The number of esters is 1. The molecule has 0 aliphatic heterocycles. The minimum atomic E-state index is -0.369. The molecular weight excluding hydrogens is 280 g/mol. The van der Waals surface area contributed by atoms with Crippen molar-refractivity contribution in [3.05, 3.63) is 22.3 Å². The second kappa shape index (κ2) is 8.25. The van der Waals surface area contributed by atoms with E-state index in [1.165, 1.54) is 7.11 Å². The van der Waals surface area contributed by atoms with Crippen molar-refractivity contribution < 1.29 is 9.53 Å². The summed E-state index contributed by atoms with van der Waals surface area (Å²) in [5.41, 5.74) is 1.56. The molecule has 0 aromatic rings. The highest BCUT2D eigenvalue weighted by Crippen LogP contribution is 2.38. The van der Waals surface area contributed by atoms with E-state index in [1.54, 1.807) is 0 Å². The van der Waals surface area contributed by atoms with Gasteiger partial charge < -0.3 is 4.74 Å². The van der Waals surface area contributed by atoms with E-state index in [0.717, 1.165) is 5.57 Å². The average Bonchev–Trinajstić information content (AvgIpc) is 2.56. The Hall–Kier alpha value is -3.09. The molecule has 1 atom stereocenters. The second-order valence-corrected chi connectivity index (χ2v) is 4.84. The fourth-order valence-corrected chi connectivity index (χ4v) is 2.59. The Morgan fingerprint density at radius 2 is 1.68 bits per heavy atom. The molecule has 0 radical (unpaired) electrons. The standard InChI is InChI=1S/C16H14N4O2/c1-22-16(21)5-3-12-6-11(13(7-17)8-18)2-4-15(12)14(9-19)10-20/h12H,2-6H2,1H3. The highest BCUT2D eigenvalue weighted by atomic mass is 16.5. The van der Waals surface area contributed by atoms with Crippen molar-refractivity contribution in [3.8, 4) is 24.3 Å². The van der Waals surface area contributed by atoms with E-state index < -0.39 is 0 Å². The second-order valence-electron chi connectivity index (χ2n) is 4.84. The zero-order valence-corrected chi connectivity index (χ0v) is 12.2. The molecule has 1 saturated carbocycles. The Kier molecular flexibility index (Phi) is 6.36. The fourth-order valence-electron chi connectivity index (χ4n) is 2.59. The maximum atomic E-state index is 11.3. The van der Waals surface area contributed by atoms with Crippen LogP contribution in [0.25, 0.3) is 0 Å². The molecule has 0 N–H and O–H groups in total. The average molecular weight is 294 g/mol. The molecule has 1 unspecified atom stereocenters. The summed E-state index contributed by atoms with van der Waals surface area (Å²) in [7, 11) is 1.30. The van der Waals surface area contributed by atoms with Crippen LogP contribution < -0.4 is 0 Å². The molecular formula is C16H14N4O2. The molecule has 110 valence electrons. The SMILES string of the molecule is COC(=O)CCC1CC(=C(C#N)C#N)CCC1=C(C#N)C#N. The summed E-state index contributed by atoms with van der Waals surface area (Å²) in [5, 5.41) is 36.0. The van der Waals surface area contributed by atoms with Crippen molar-refractivity contribution in [3.63, 3.8) is 0 Å².